The second-order valence-electron chi connectivity index (χ2n) is 8.52. The van der Waals surface area contributed by atoms with Crippen molar-refractivity contribution >= 4 is 11.6 Å². The highest BCUT2D eigenvalue weighted by Gasteiger charge is 2.33. The lowest BCUT2D eigenvalue weighted by atomic mass is 10.0. The molecule has 1 unspecified atom stereocenters. The first-order valence-electron chi connectivity index (χ1n) is 11.8. The number of rotatable bonds is 8. The van der Waals surface area contributed by atoms with E-state index in [1.54, 1.807) is 14.2 Å². The van der Waals surface area contributed by atoms with Crippen molar-refractivity contribution < 1.29 is 19.0 Å². The van der Waals surface area contributed by atoms with E-state index >= 15 is 0 Å². The molecule has 1 N–H and O–H groups in total. The minimum Gasteiger partial charge on any atom is -0.496 e. The molecule has 0 spiro atoms. The van der Waals surface area contributed by atoms with Crippen molar-refractivity contribution in [1.29, 1.82) is 0 Å². The fraction of sp³-hybridized carbons (Fsp3) is 0.167. The van der Waals surface area contributed by atoms with E-state index in [-0.39, 0.29) is 18.7 Å². The summed E-state index contributed by atoms with van der Waals surface area (Å²) >= 11 is 0. The molecule has 36 heavy (non-hydrogen) atoms. The third-order valence-electron chi connectivity index (χ3n) is 6.29. The Balaban J connectivity index is 1.49. The first-order valence-corrected chi connectivity index (χ1v) is 11.8. The minimum absolute atomic E-state index is 0.0131. The fourth-order valence-electron chi connectivity index (χ4n) is 4.47. The van der Waals surface area contributed by atoms with E-state index in [2.05, 4.69) is 5.32 Å². The van der Waals surface area contributed by atoms with Crippen molar-refractivity contribution in [1.82, 2.24) is 4.90 Å². The molecule has 0 bridgehead atoms. The zero-order valence-electron chi connectivity index (χ0n) is 20.3. The Bertz CT molecular complexity index is 1360. The number of nitrogens with one attached hydrogen (secondary N) is 1. The molecule has 1 amide bonds. The van der Waals surface area contributed by atoms with Gasteiger partial charge >= 0.3 is 0 Å². The number of para-hydroxylation sites is 3. The van der Waals surface area contributed by atoms with E-state index in [1.165, 1.54) is 0 Å². The topological polar surface area (TPSA) is 60.0 Å². The molecule has 1 aliphatic rings. The van der Waals surface area contributed by atoms with Crippen LogP contribution in [0.25, 0.3) is 0 Å². The summed E-state index contributed by atoms with van der Waals surface area (Å²) in [6, 6.07) is 31.1. The van der Waals surface area contributed by atoms with Gasteiger partial charge in [-0.3, -0.25) is 4.79 Å². The number of carbonyl (C=O) groups excluding carboxylic acids is 1. The van der Waals surface area contributed by atoms with Crippen LogP contribution in [0.4, 0.5) is 5.69 Å². The van der Waals surface area contributed by atoms with Crippen molar-refractivity contribution in [2.75, 3.05) is 19.5 Å². The van der Waals surface area contributed by atoms with Gasteiger partial charge in [0, 0.05) is 17.8 Å². The van der Waals surface area contributed by atoms with Crippen LogP contribution in [-0.4, -0.2) is 25.0 Å². The second kappa shape index (κ2) is 10.4. The lowest BCUT2D eigenvalue weighted by Gasteiger charge is -2.38. The van der Waals surface area contributed by atoms with Crippen LogP contribution in [0.15, 0.2) is 97.1 Å². The number of methoxy groups -OCH3 is 2. The summed E-state index contributed by atoms with van der Waals surface area (Å²) in [5.74, 6) is 2.02. The molecular formula is C30H28N2O4. The molecular weight excluding hydrogens is 452 g/mol. The normalized spacial score (nSPS) is 14.6. The molecule has 1 atom stereocenters. The van der Waals surface area contributed by atoms with Gasteiger partial charge < -0.3 is 24.4 Å². The molecule has 0 saturated heterocycles. The van der Waals surface area contributed by atoms with Crippen molar-refractivity contribution in [3.8, 4) is 17.2 Å². The molecule has 6 heteroatoms. The predicted molar refractivity (Wildman–Crippen MR) is 139 cm³/mol. The van der Waals surface area contributed by atoms with Crippen LogP contribution in [0.2, 0.25) is 0 Å². The van der Waals surface area contributed by atoms with Gasteiger partial charge in [-0.15, -0.1) is 0 Å². The second-order valence-corrected chi connectivity index (χ2v) is 8.52. The van der Waals surface area contributed by atoms with E-state index in [1.807, 2.05) is 102 Å². The molecule has 0 aromatic heterocycles. The number of fused-ring (bicyclic) bond motifs is 1. The standard InChI is InChI=1S/C30H28N2O4/c1-34-26-17-16-22(18-23(26)20-36-28-15-9-8-14-27(28)35-2)29-31-25-13-7-6-12-24(25)30(33)32(29)19-21-10-4-3-5-11-21/h3-18,29,31H,19-20H2,1-2H3. The molecule has 1 heterocycles. The summed E-state index contributed by atoms with van der Waals surface area (Å²) in [4.78, 5) is 15.5. The number of benzene rings is 4. The number of amides is 1. The van der Waals surface area contributed by atoms with E-state index in [0.717, 1.165) is 22.4 Å². The van der Waals surface area contributed by atoms with Gasteiger partial charge in [0.1, 0.15) is 18.5 Å². The van der Waals surface area contributed by atoms with Crippen LogP contribution in [0, 0.1) is 0 Å². The highest BCUT2D eigenvalue weighted by Crippen LogP contribution is 2.36. The Morgan fingerprint density at radius 2 is 1.47 bits per heavy atom. The Hall–Kier alpha value is -4.45. The highest BCUT2D eigenvalue weighted by atomic mass is 16.5. The van der Waals surface area contributed by atoms with Gasteiger partial charge in [-0.05, 0) is 47.5 Å². The largest absolute Gasteiger partial charge is 0.496 e. The number of hydrogen-bond donors (Lipinski definition) is 1. The molecule has 182 valence electrons. The molecule has 0 saturated carbocycles. The maximum Gasteiger partial charge on any atom is 0.258 e. The van der Waals surface area contributed by atoms with Gasteiger partial charge in [0.25, 0.3) is 5.91 Å². The Labute approximate surface area is 211 Å². The smallest absolute Gasteiger partial charge is 0.258 e. The predicted octanol–water partition coefficient (Wildman–Crippen LogP) is 6.05. The van der Waals surface area contributed by atoms with Gasteiger partial charge in [0.15, 0.2) is 11.5 Å². The number of hydrogen-bond acceptors (Lipinski definition) is 5. The van der Waals surface area contributed by atoms with Crippen molar-refractivity contribution in [3.05, 3.63) is 119 Å². The van der Waals surface area contributed by atoms with Gasteiger partial charge in [-0.25, -0.2) is 0 Å². The van der Waals surface area contributed by atoms with Crippen LogP contribution in [0.3, 0.4) is 0 Å². The molecule has 4 aromatic rings. The van der Waals surface area contributed by atoms with Gasteiger partial charge in [-0.1, -0.05) is 60.7 Å². The van der Waals surface area contributed by atoms with Crippen molar-refractivity contribution in [2.24, 2.45) is 0 Å². The van der Waals surface area contributed by atoms with Gasteiger partial charge in [-0.2, -0.15) is 0 Å². The maximum absolute atomic E-state index is 13.6. The van der Waals surface area contributed by atoms with Gasteiger partial charge in [0.05, 0.1) is 19.8 Å². The summed E-state index contributed by atoms with van der Waals surface area (Å²) in [6.07, 6.45) is -0.358. The zero-order valence-corrected chi connectivity index (χ0v) is 20.3. The maximum atomic E-state index is 13.6. The van der Waals surface area contributed by atoms with Crippen LogP contribution in [0.5, 0.6) is 17.2 Å². The summed E-state index contributed by atoms with van der Waals surface area (Å²) in [7, 11) is 3.26. The van der Waals surface area contributed by atoms with E-state index < -0.39 is 0 Å². The van der Waals surface area contributed by atoms with Crippen LogP contribution < -0.4 is 19.5 Å². The van der Waals surface area contributed by atoms with Crippen molar-refractivity contribution in [2.45, 2.75) is 19.3 Å². The lowest BCUT2D eigenvalue weighted by molar-refractivity contribution is 0.0666. The van der Waals surface area contributed by atoms with Crippen LogP contribution in [0.1, 0.15) is 33.2 Å². The fourth-order valence-corrected chi connectivity index (χ4v) is 4.47. The third kappa shape index (κ3) is 4.70. The number of carbonyl (C=O) groups is 1. The Kier molecular flexibility index (Phi) is 6.76. The molecule has 0 fully saturated rings. The van der Waals surface area contributed by atoms with E-state index in [4.69, 9.17) is 14.2 Å². The monoisotopic (exact) mass is 480 g/mol. The quantitative estimate of drug-likeness (QED) is 0.333. The minimum atomic E-state index is -0.358. The summed E-state index contributed by atoms with van der Waals surface area (Å²) in [5, 5.41) is 3.57. The summed E-state index contributed by atoms with van der Waals surface area (Å²) < 4.78 is 17.1. The zero-order chi connectivity index (χ0) is 24.9. The average Bonchev–Trinajstić information content (AvgIpc) is 2.94. The SMILES string of the molecule is COc1ccc(C2Nc3ccccc3C(=O)N2Cc2ccccc2)cc1COc1ccccc1OC. The number of ether oxygens (including phenoxy) is 3. The average molecular weight is 481 g/mol. The molecule has 4 aromatic carbocycles. The van der Waals surface area contributed by atoms with E-state index in [9.17, 15) is 4.79 Å². The molecule has 0 radical (unpaired) electrons. The highest BCUT2D eigenvalue weighted by molar-refractivity contribution is 6.01. The molecule has 0 aliphatic carbocycles. The van der Waals surface area contributed by atoms with E-state index in [0.29, 0.717) is 29.4 Å². The first-order chi connectivity index (χ1) is 17.7. The lowest BCUT2D eigenvalue weighted by Crippen LogP contribution is -2.42. The summed E-state index contributed by atoms with van der Waals surface area (Å²) in [5.41, 5.74) is 4.35. The Morgan fingerprint density at radius 3 is 2.25 bits per heavy atom. The molecule has 5 rings (SSSR count). The Morgan fingerprint density at radius 1 is 0.778 bits per heavy atom. The van der Waals surface area contributed by atoms with Crippen LogP contribution >= 0.6 is 0 Å². The molecule has 1 aliphatic heterocycles. The van der Waals surface area contributed by atoms with Crippen molar-refractivity contribution in [3.63, 3.8) is 0 Å². The van der Waals surface area contributed by atoms with Crippen LogP contribution in [-0.2, 0) is 13.2 Å². The third-order valence-corrected chi connectivity index (χ3v) is 6.29. The first kappa shape index (κ1) is 23.3. The number of nitrogens with zero attached hydrogens (tertiary/aromatic N) is 1. The summed E-state index contributed by atoms with van der Waals surface area (Å²) in [6.45, 7) is 0.762. The number of anilines is 1. The molecule has 6 nitrogen and oxygen atoms in total. The van der Waals surface area contributed by atoms with Gasteiger partial charge in [0.2, 0.25) is 0 Å².